The number of thiazole rings is 1. The van der Waals surface area contributed by atoms with Crippen molar-refractivity contribution in [2.24, 2.45) is 0 Å². The third kappa shape index (κ3) is 5.45. The lowest BCUT2D eigenvalue weighted by Gasteiger charge is -2.17. The third-order valence-corrected chi connectivity index (χ3v) is 7.08. The minimum Gasteiger partial charge on any atom is -0.872 e. The molecule has 4 rings (SSSR count). The summed E-state index contributed by atoms with van der Waals surface area (Å²) < 4.78 is 3.10. The molecule has 2 heterocycles. The van der Waals surface area contributed by atoms with E-state index in [4.69, 9.17) is 0 Å². The zero-order valence-electron chi connectivity index (χ0n) is 17.8. The molecule has 33 heavy (non-hydrogen) atoms. The molecule has 166 valence electrons. The van der Waals surface area contributed by atoms with Gasteiger partial charge in [0.25, 0.3) is 5.01 Å². The highest BCUT2D eigenvalue weighted by molar-refractivity contribution is 8.03. The summed E-state index contributed by atoms with van der Waals surface area (Å²) in [5.74, 6) is -1.00. The highest BCUT2D eigenvalue weighted by Crippen LogP contribution is 2.45. The van der Waals surface area contributed by atoms with Crippen molar-refractivity contribution in [2.75, 3.05) is 11.4 Å². The summed E-state index contributed by atoms with van der Waals surface area (Å²) >= 11 is 3.19. The molecule has 1 aliphatic heterocycles. The van der Waals surface area contributed by atoms with E-state index in [9.17, 15) is 15.0 Å². The molecular formula is C26H22N2O3S2. The van der Waals surface area contributed by atoms with Gasteiger partial charge in [0.15, 0.2) is 6.54 Å². The van der Waals surface area contributed by atoms with Crippen LogP contribution in [0.15, 0.2) is 107 Å². The maximum absolute atomic E-state index is 11.6. The Bertz CT molecular complexity index is 1320. The fourth-order valence-corrected chi connectivity index (χ4v) is 5.61. The van der Waals surface area contributed by atoms with E-state index in [0.29, 0.717) is 0 Å². The van der Waals surface area contributed by atoms with E-state index in [1.54, 1.807) is 28.0 Å². The monoisotopic (exact) mass is 474 g/mol. The smallest absolute Gasteiger partial charge is 0.323 e. The van der Waals surface area contributed by atoms with Crippen LogP contribution in [0.4, 0.5) is 5.69 Å². The number of anilines is 1. The summed E-state index contributed by atoms with van der Waals surface area (Å²) in [5.41, 5.74) is 1.94. The van der Waals surface area contributed by atoms with Gasteiger partial charge >= 0.3 is 5.97 Å². The summed E-state index contributed by atoms with van der Waals surface area (Å²) in [6, 6.07) is 15.8. The number of nitrogens with zero attached hydrogens (tertiary/aromatic N) is 2. The molecule has 0 saturated carbocycles. The molecule has 0 unspecified atom stereocenters. The molecule has 7 heteroatoms. The molecule has 0 bridgehead atoms. The normalized spacial score (nSPS) is 14.9. The second-order valence-electron chi connectivity index (χ2n) is 7.22. The number of para-hydroxylation sites is 2. The van der Waals surface area contributed by atoms with Crippen molar-refractivity contribution in [2.45, 2.75) is 11.4 Å². The van der Waals surface area contributed by atoms with E-state index in [1.165, 1.54) is 0 Å². The van der Waals surface area contributed by atoms with Crippen molar-refractivity contribution in [3.63, 3.8) is 0 Å². The van der Waals surface area contributed by atoms with Gasteiger partial charge in [-0.05, 0) is 24.3 Å². The van der Waals surface area contributed by atoms with Gasteiger partial charge in [-0.2, -0.15) is 4.57 Å². The van der Waals surface area contributed by atoms with Crippen molar-refractivity contribution in [1.29, 1.82) is 0 Å². The molecule has 0 aliphatic carbocycles. The summed E-state index contributed by atoms with van der Waals surface area (Å²) in [6.45, 7) is 3.68. The van der Waals surface area contributed by atoms with Crippen LogP contribution in [0.2, 0.25) is 0 Å². The molecule has 1 aromatic heterocycles. The van der Waals surface area contributed by atoms with Crippen LogP contribution in [0.5, 0.6) is 0 Å². The van der Waals surface area contributed by atoms with E-state index in [-0.39, 0.29) is 18.8 Å². The van der Waals surface area contributed by atoms with Crippen molar-refractivity contribution >= 4 is 51.0 Å². The maximum atomic E-state index is 11.6. The van der Waals surface area contributed by atoms with Crippen LogP contribution in [-0.4, -0.2) is 17.6 Å². The number of thioether (sulfide) groups is 1. The first kappa shape index (κ1) is 22.6. The first-order valence-corrected chi connectivity index (χ1v) is 11.9. The molecule has 1 aliphatic rings. The summed E-state index contributed by atoms with van der Waals surface area (Å²) in [6.07, 6.45) is 13.5. The standard InChI is InChI=1S/C26H22N2O3S2/c1-19(29)17-27-20-11-7-9-13-22(20)32-24(27)15-5-3-2-4-6-16-25-28(18-26(30)31)21-12-8-10-14-23(21)33-25/h2-16H,1,17-18H2,(H-,29,30,31). The number of fused-ring (bicyclic) bond motifs is 2. The van der Waals surface area contributed by atoms with Crippen molar-refractivity contribution in [1.82, 2.24) is 0 Å². The lowest BCUT2D eigenvalue weighted by atomic mass is 10.3. The van der Waals surface area contributed by atoms with Crippen LogP contribution in [0, 0.1) is 0 Å². The molecule has 0 atom stereocenters. The van der Waals surface area contributed by atoms with Crippen LogP contribution in [0.3, 0.4) is 0 Å². The van der Waals surface area contributed by atoms with Crippen LogP contribution in [0.25, 0.3) is 16.3 Å². The minimum absolute atomic E-state index is 0.0762. The Morgan fingerprint density at radius 1 is 1.06 bits per heavy atom. The van der Waals surface area contributed by atoms with Crippen LogP contribution in [-0.2, 0) is 11.3 Å². The number of carbonyl (C=O) groups is 1. The van der Waals surface area contributed by atoms with Crippen molar-refractivity contribution in [3.05, 3.63) is 107 Å². The Kier molecular flexibility index (Phi) is 7.12. The molecule has 1 N–H and O–H groups in total. The number of aromatic nitrogens is 1. The van der Waals surface area contributed by atoms with Gasteiger partial charge in [0.2, 0.25) is 5.52 Å². The third-order valence-electron chi connectivity index (χ3n) is 4.82. The number of rotatable bonds is 8. The van der Waals surface area contributed by atoms with E-state index < -0.39 is 5.97 Å². The molecule has 2 aromatic carbocycles. The first-order chi connectivity index (χ1) is 16.0. The zero-order chi connectivity index (χ0) is 23.2. The minimum atomic E-state index is -0.869. The number of hydrogen-bond donors (Lipinski definition) is 1. The molecule has 3 aromatic rings. The summed E-state index contributed by atoms with van der Waals surface area (Å²) in [7, 11) is 0. The zero-order valence-corrected chi connectivity index (χ0v) is 19.4. The fourth-order valence-electron chi connectivity index (χ4n) is 3.46. The lowest BCUT2D eigenvalue weighted by Crippen LogP contribution is -2.38. The highest BCUT2D eigenvalue weighted by Gasteiger charge is 2.25. The number of allylic oxidation sites excluding steroid dienone is 7. The van der Waals surface area contributed by atoms with Gasteiger partial charge in [0.1, 0.15) is 11.2 Å². The van der Waals surface area contributed by atoms with Gasteiger partial charge in [-0.1, -0.05) is 83.5 Å². The van der Waals surface area contributed by atoms with Gasteiger partial charge in [0, 0.05) is 17.0 Å². The van der Waals surface area contributed by atoms with Crippen LogP contribution in [0.1, 0.15) is 5.01 Å². The van der Waals surface area contributed by atoms with Crippen molar-refractivity contribution in [3.8, 4) is 0 Å². The number of carboxylic acid groups (broad SMARTS) is 1. The Balaban J connectivity index is 1.45. The van der Waals surface area contributed by atoms with E-state index in [2.05, 4.69) is 6.58 Å². The Labute approximate surface area is 200 Å². The SMILES string of the molecule is C=C([O-])C[n+]1c(/C=C/C=C/C=C/C=C2/Sc3ccccc3N2CC(=O)O)sc2ccccc21. The van der Waals surface area contributed by atoms with Crippen LogP contribution < -0.4 is 14.6 Å². The van der Waals surface area contributed by atoms with Gasteiger partial charge in [0.05, 0.1) is 10.7 Å². The van der Waals surface area contributed by atoms with Gasteiger partial charge in [-0.25, -0.2) is 0 Å². The predicted molar refractivity (Wildman–Crippen MR) is 134 cm³/mol. The second-order valence-corrected chi connectivity index (χ2v) is 9.34. The molecule has 0 amide bonds. The average Bonchev–Trinajstić information content (AvgIpc) is 3.30. The molecule has 5 nitrogen and oxygen atoms in total. The Morgan fingerprint density at radius 2 is 1.79 bits per heavy atom. The van der Waals surface area contributed by atoms with E-state index in [0.717, 1.165) is 30.8 Å². The molecule has 0 fully saturated rings. The molecule has 0 spiro atoms. The predicted octanol–water partition coefficient (Wildman–Crippen LogP) is 4.73. The summed E-state index contributed by atoms with van der Waals surface area (Å²) in [4.78, 5) is 14.1. The van der Waals surface area contributed by atoms with E-state index >= 15 is 0 Å². The number of hydrogen-bond acceptors (Lipinski definition) is 5. The Hall–Kier alpha value is -3.55. The largest absolute Gasteiger partial charge is 0.872 e. The van der Waals surface area contributed by atoms with E-state index in [1.807, 2.05) is 95.6 Å². The average molecular weight is 475 g/mol. The Morgan fingerprint density at radius 3 is 2.61 bits per heavy atom. The van der Waals surface area contributed by atoms with Gasteiger partial charge < -0.3 is 15.1 Å². The topological polar surface area (TPSA) is 67.5 Å². The molecule has 0 saturated heterocycles. The number of carboxylic acids is 1. The fraction of sp³-hybridized carbons (Fsp3) is 0.0769. The highest BCUT2D eigenvalue weighted by atomic mass is 32.2. The van der Waals surface area contributed by atoms with Gasteiger partial charge in [-0.15, -0.1) is 6.58 Å². The maximum Gasteiger partial charge on any atom is 0.323 e. The number of benzene rings is 2. The quantitative estimate of drug-likeness (QED) is 0.291. The number of aliphatic carboxylic acids is 1. The lowest BCUT2D eigenvalue weighted by molar-refractivity contribution is -0.672. The van der Waals surface area contributed by atoms with Gasteiger partial charge in [-0.3, -0.25) is 4.79 Å². The molecule has 0 radical (unpaired) electrons. The summed E-state index contributed by atoms with van der Waals surface area (Å²) in [5, 5.41) is 22.7. The first-order valence-electron chi connectivity index (χ1n) is 10.3. The second kappa shape index (κ2) is 10.4. The van der Waals surface area contributed by atoms with Crippen molar-refractivity contribution < 1.29 is 19.6 Å². The van der Waals surface area contributed by atoms with Crippen LogP contribution >= 0.6 is 23.1 Å². The molecular weight excluding hydrogens is 452 g/mol.